The van der Waals surface area contributed by atoms with Crippen LogP contribution >= 0.6 is 0 Å². The van der Waals surface area contributed by atoms with Gasteiger partial charge in [-0.3, -0.25) is 29.6 Å². The third-order valence-electron chi connectivity index (χ3n) is 6.83. The lowest BCUT2D eigenvalue weighted by Gasteiger charge is -2.27. The van der Waals surface area contributed by atoms with E-state index in [2.05, 4.69) is 10.2 Å². The minimum atomic E-state index is -0.821. The minimum absolute atomic E-state index is 0.0627. The van der Waals surface area contributed by atoms with Crippen molar-refractivity contribution >= 4 is 52.2 Å². The summed E-state index contributed by atoms with van der Waals surface area (Å²) in [5.41, 5.74) is 1.58. The maximum absolute atomic E-state index is 13.5. The van der Waals surface area contributed by atoms with Crippen LogP contribution in [0.4, 0.5) is 11.4 Å². The Balaban J connectivity index is 1.45. The third kappa shape index (κ3) is 4.14. The number of aromatic amines is 1. The Morgan fingerprint density at radius 3 is 2.59 bits per heavy atom. The van der Waals surface area contributed by atoms with Gasteiger partial charge >= 0.3 is 0 Å². The van der Waals surface area contributed by atoms with Crippen LogP contribution in [0.5, 0.6) is 0 Å². The topological polar surface area (TPSA) is 139 Å². The van der Waals surface area contributed by atoms with Crippen molar-refractivity contribution in [2.75, 3.05) is 31.2 Å². The number of carbonyl (C=O) groups excluding carboxylic acids is 3. The summed E-state index contributed by atoms with van der Waals surface area (Å²) in [6.07, 6.45) is 3.43. The molecule has 0 bridgehead atoms. The average Bonchev–Trinajstić information content (AvgIpc) is 3.49. The van der Waals surface area contributed by atoms with Gasteiger partial charge in [0.25, 0.3) is 23.4 Å². The van der Waals surface area contributed by atoms with Crippen LogP contribution in [0.3, 0.4) is 0 Å². The van der Waals surface area contributed by atoms with Crippen LogP contribution in [0.2, 0.25) is 0 Å². The van der Waals surface area contributed by atoms with Gasteiger partial charge in [0.1, 0.15) is 5.56 Å². The minimum Gasteiger partial charge on any atom is -0.378 e. The van der Waals surface area contributed by atoms with Crippen LogP contribution in [0.15, 0.2) is 60.7 Å². The molecule has 2 aliphatic rings. The van der Waals surface area contributed by atoms with Crippen molar-refractivity contribution in [1.29, 1.82) is 0 Å². The number of anilines is 1. The molecule has 0 saturated carbocycles. The number of amides is 3. The average molecular weight is 524 g/mol. The van der Waals surface area contributed by atoms with Gasteiger partial charge in [-0.05, 0) is 35.9 Å². The maximum Gasteiger partial charge on any atom is 0.283 e. The molecule has 3 amide bonds. The Hall–Kier alpha value is -5.16. The zero-order valence-electron chi connectivity index (χ0n) is 20.5. The van der Waals surface area contributed by atoms with E-state index < -0.39 is 22.4 Å². The van der Waals surface area contributed by atoms with Crippen LogP contribution in [-0.4, -0.2) is 64.0 Å². The fourth-order valence-corrected chi connectivity index (χ4v) is 4.88. The van der Waals surface area contributed by atoms with Crippen LogP contribution in [0, 0.1) is 10.1 Å². The molecule has 2 aliphatic heterocycles. The van der Waals surface area contributed by atoms with Gasteiger partial charge in [0.2, 0.25) is 0 Å². The fraction of sp³-hybridized carbons (Fsp3) is 0.143. The molecular formula is C28H21N5O6. The summed E-state index contributed by atoms with van der Waals surface area (Å²) in [5.74, 6) is -1.79. The number of H-pyrrole nitrogens is 1. The SMILES string of the molecule is O=C(c1ccc(C=Cc2n[nH]c3ccccc23)c(N2C(=O)c3cccc([N+](=O)[O-])c3C2=O)c1)N1CCOCC1. The van der Waals surface area contributed by atoms with Crippen molar-refractivity contribution in [3.8, 4) is 0 Å². The lowest BCUT2D eigenvalue weighted by Crippen LogP contribution is -2.40. The molecule has 1 saturated heterocycles. The first-order valence-electron chi connectivity index (χ1n) is 12.2. The first-order chi connectivity index (χ1) is 18.9. The van der Waals surface area contributed by atoms with Crippen molar-refractivity contribution in [2.45, 2.75) is 0 Å². The second-order valence-corrected chi connectivity index (χ2v) is 9.07. The van der Waals surface area contributed by atoms with E-state index in [1.165, 1.54) is 24.3 Å². The summed E-state index contributed by atoms with van der Waals surface area (Å²) in [6.45, 7) is 1.67. The predicted octanol–water partition coefficient (Wildman–Crippen LogP) is 3.91. The summed E-state index contributed by atoms with van der Waals surface area (Å²) in [6, 6.07) is 16.3. The van der Waals surface area contributed by atoms with E-state index in [1.54, 1.807) is 29.2 Å². The quantitative estimate of drug-likeness (QED) is 0.238. The van der Waals surface area contributed by atoms with Gasteiger partial charge in [0.05, 0.1) is 40.6 Å². The molecule has 0 spiro atoms. The van der Waals surface area contributed by atoms with Gasteiger partial charge in [-0.1, -0.05) is 36.4 Å². The number of benzene rings is 3. The molecule has 4 aromatic rings. The van der Waals surface area contributed by atoms with Gasteiger partial charge in [-0.15, -0.1) is 0 Å². The van der Waals surface area contributed by atoms with Gasteiger partial charge in [0, 0.05) is 30.1 Å². The number of hydrogen-bond donors (Lipinski definition) is 1. The highest BCUT2D eigenvalue weighted by Crippen LogP contribution is 2.36. The van der Waals surface area contributed by atoms with Crippen LogP contribution in [0.1, 0.15) is 42.3 Å². The predicted molar refractivity (Wildman–Crippen MR) is 142 cm³/mol. The van der Waals surface area contributed by atoms with Crippen molar-refractivity contribution in [1.82, 2.24) is 15.1 Å². The maximum atomic E-state index is 13.5. The molecular weight excluding hydrogens is 502 g/mol. The molecule has 194 valence electrons. The molecule has 11 nitrogen and oxygen atoms in total. The normalized spacial score (nSPS) is 15.4. The number of carbonyl (C=O) groups is 3. The van der Waals surface area contributed by atoms with Gasteiger partial charge < -0.3 is 9.64 Å². The second kappa shape index (κ2) is 9.62. The molecule has 39 heavy (non-hydrogen) atoms. The first-order valence-corrected chi connectivity index (χ1v) is 12.2. The highest BCUT2D eigenvalue weighted by Gasteiger charge is 2.42. The number of rotatable bonds is 5. The first kappa shape index (κ1) is 24.2. The van der Waals surface area contributed by atoms with Gasteiger partial charge in [-0.2, -0.15) is 5.10 Å². The summed E-state index contributed by atoms with van der Waals surface area (Å²) >= 11 is 0. The van der Waals surface area contributed by atoms with E-state index in [4.69, 9.17) is 4.74 Å². The Kier molecular flexibility index (Phi) is 5.97. The zero-order chi connectivity index (χ0) is 27.1. The van der Waals surface area contributed by atoms with E-state index in [0.29, 0.717) is 37.6 Å². The number of fused-ring (bicyclic) bond motifs is 2. The van der Waals surface area contributed by atoms with Crippen LogP contribution < -0.4 is 4.90 Å². The Labute approximate surface area is 221 Å². The Morgan fingerprint density at radius 2 is 1.79 bits per heavy atom. The molecule has 3 heterocycles. The Bertz CT molecular complexity index is 1700. The number of nitrogens with one attached hydrogen (secondary N) is 1. The number of nitrogens with zero attached hydrogens (tertiary/aromatic N) is 4. The standard InChI is InChI=1S/C28H21N5O6/c34-26(31-12-14-39-15-13-31)18-9-8-17(10-11-22-19-4-1-2-6-21(19)29-30-22)24(16-18)32-27(35)20-5-3-7-23(33(37)38)25(20)28(32)36/h1-11,16H,12-15H2,(H,29,30). The van der Waals surface area contributed by atoms with Gasteiger partial charge in [-0.25, -0.2) is 4.90 Å². The van der Waals surface area contributed by atoms with Crippen molar-refractivity contribution < 1.29 is 24.0 Å². The fourth-order valence-electron chi connectivity index (χ4n) is 4.88. The summed E-state index contributed by atoms with van der Waals surface area (Å²) < 4.78 is 5.34. The van der Waals surface area contributed by atoms with E-state index in [0.717, 1.165) is 15.8 Å². The Morgan fingerprint density at radius 1 is 1.00 bits per heavy atom. The summed E-state index contributed by atoms with van der Waals surface area (Å²) in [4.78, 5) is 53.7. The number of nitro benzene ring substituents is 1. The molecule has 0 aliphatic carbocycles. The molecule has 11 heteroatoms. The summed E-state index contributed by atoms with van der Waals surface area (Å²) in [5, 5.41) is 19.8. The lowest BCUT2D eigenvalue weighted by molar-refractivity contribution is -0.385. The van der Waals surface area contributed by atoms with Crippen molar-refractivity contribution in [3.05, 3.63) is 98.7 Å². The van der Waals surface area contributed by atoms with Crippen molar-refractivity contribution in [3.63, 3.8) is 0 Å². The van der Waals surface area contributed by atoms with Gasteiger partial charge in [0.15, 0.2) is 0 Å². The summed E-state index contributed by atoms with van der Waals surface area (Å²) in [7, 11) is 0. The van der Waals surface area contributed by atoms with E-state index in [-0.39, 0.29) is 28.3 Å². The number of aromatic nitrogens is 2. The number of para-hydroxylation sites is 1. The molecule has 3 aromatic carbocycles. The molecule has 1 fully saturated rings. The number of nitro groups is 1. The number of hydrogen-bond acceptors (Lipinski definition) is 7. The highest BCUT2D eigenvalue weighted by atomic mass is 16.6. The number of ether oxygens (including phenoxy) is 1. The number of morpholine rings is 1. The molecule has 0 atom stereocenters. The molecule has 0 radical (unpaired) electrons. The number of imide groups is 1. The molecule has 1 aromatic heterocycles. The largest absolute Gasteiger partial charge is 0.378 e. The smallest absolute Gasteiger partial charge is 0.283 e. The van der Waals surface area contributed by atoms with E-state index in [1.807, 2.05) is 24.3 Å². The highest BCUT2D eigenvalue weighted by molar-refractivity contribution is 6.36. The zero-order valence-corrected chi connectivity index (χ0v) is 20.5. The molecule has 1 N–H and O–H groups in total. The molecule has 0 unspecified atom stereocenters. The van der Waals surface area contributed by atoms with Crippen LogP contribution in [-0.2, 0) is 4.74 Å². The monoisotopic (exact) mass is 523 g/mol. The van der Waals surface area contributed by atoms with Crippen LogP contribution in [0.25, 0.3) is 23.1 Å². The second-order valence-electron chi connectivity index (χ2n) is 9.07. The lowest BCUT2D eigenvalue weighted by atomic mass is 10.0. The van der Waals surface area contributed by atoms with E-state index >= 15 is 0 Å². The van der Waals surface area contributed by atoms with Crippen molar-refractivity contribution in [2.24, 2.45) is 0 Å². The van der Waals surface area contributed by atoms with E-state index in [9.17, 15) is 24.5 Å². The third-order valence-corrected chi connectivity index (χ3v) is 6.83. The molecule has 6 rings (SSSR count).